The van der Waals surface area contributed by atoms with Gasteiger partial charge in [-0.15, -0.1) is 0 Å². The van der Waals surface area contributed by atoms with Crippen molar-refractivity contribution in [2.24, 2.45) is 0 Å². The van der Waals surface area contributed by atoms with Crippen LogP contribution in [0.25, 0.3) is 0 Å². The van der Waals surface area contributed by atoms with E-state index in [9.17, 15) is 4.21 Å². The monoisotopic (exact) mass is 247 g/mol. The number of hydrogen-bond donors (Lipinski definition) is 2. The largest absolute Gasteiger partial charge is 0.294 e. The van der Waals surface area contributed by atoms with E-state index < -0.39 is 11.3 Å². The Morgan fingerprint density at radius 3 is 1.56 bits per heavy atom. The highest BCUT2D eigenvalue weighted by molar-refractivity contribution is 7.77. The van der Waals surface area contributed by atoms with E-state index in [-0.39, 0.29) is 6.04 Å². The van der Waals surface area contributed by atoms with Gasteiger partial charge in [0.2, 0.25) is 11.3 Å². The third kappa shape index (κ3) is 7.36. The average molecular weight is 247 g/mol. The highest BCUT2D eigenvalue weighted by Gasteiger charge is 2.10. The van der Waals surface area contributed by atoms with Crippen molar-refractivity contribution in [1.82, 2.24) is 4.72 Å². The van der Waals surface area contributed by atoms with Gasteiger partial charge < -0.3 is 0 Å². The first-order valence-corrected chi connectivity index (χ1v) is 7.77. The fraction of sp³-hybridized carbons (Fsp3) is 1.00. The maximum absolute atomic E-state index is 10.7. The summed E-state index contributed by atoms with van der Waals surface area (Å²) in [5, 5.41) is 0. The van der Waals surface area contributed by atoms with Crippen molar-refractivity contribution in [3.8, 4) is 0 Å². The van der Waals surface area contributed by atoms with Crippen molar-refractivity contribution >= 4 is 11.3 Å². The summed E-state index contributed by atoms with van der Waals surface area (Å²) in [4.78, 5) is 0. The van der Waals surface area contributed by atoms with Crippen molar-refractivity contribution in [1.29, 1.82) is 0 Å². The Labute approximate surface area is 102 Å². The second kappa shape index (κ2) is 9.14. The lowest BCUT2D eigenvalue weighted by Crippen LogP contribution is -2.30. The van der Waals surface area contributed by atoms with Crippen LogP contribution in [0.1, 0.15) is 70.6 Å². The lowest BCUT2D eigenvalue weighted by atomic mass is 9.98. The van der Waals surface area contributed by atoms with Gasteiger partial charge in [-0.05, 0) is 12.8 Å². The zero-order valence-corrected chi connectivity index (χ0v) is 10.9. The quantitative estimate of drug-likeness (QED) is 0.735. The van der Waals surface area contributed by atoms with Crippen molar-refractivity contribution in [3.63, 3.8) is 0 Å². The third-order valence-electron chi connectivity index (χ3n) is 3.37. The minimum atomic E-state index is -1.84. The van der Waals surface area contributed by atoms with Gasteiger partial charge in [-0.2, -0.15) is 0 Å². The Morgan fingerprint density at radius 1 is 0.812 bits per heavy atom. The molecule has 0 spiro atoms. The molecule has 96 valence electrons. The Bertz CT molecular complexity index is 187. The fourth-order valence-corrected chi connectivity index (χ4v) is 2.94. The van der Waals surface area contributed by atoms with Crippen LogP contribution in [0.5, 0.6) is 0 Å². The summed E-state index contributed by atoms with van der Waals surface area (Å²) in [6.07, 6.45) is 13.8. The molecule has 0 amide bonds. The molecular weight excluding hydrogens is 222 g/mol. The van der Waals surface area contributed by atoms with Crippen LogP contribution < -0.4 is 4.72 Å². The lowest BCUT2D eigenvalue weighted by molar-refractivity contribution is 0.435. The molecule has 2 N–H and O–H groups in total. The zero-order valence-electron chi connectivity index (χ0n) is 10.1. The van der Waals surface area contributed by atoms with E-state index in [1.165, 1.54) is 57.8 Å². The molecule has 16 heavy (non-hydrogen) atoms. The van der Waals surface area contributed by atoms with E-state index in [1.54, 1.807) is 0 Å². The normalized spacial score (nSPS) is 24.3. The van der Waals surface area contributed by atoms with E-state index in [0.29, 0.717) is 0 Å². The molecule has 0 aromatic carbocycles. The van der Waals surface area contributed by atoms with Gasteiger partial charge in [0, 0.05) is 6.04 Å². The Kier molecular flexibility index (Phi) is 8.07. The van der Waals surface area contributed by atoms with Crippen LogP contribution in [0.3, 0.4) is 0 Å². The summed E-state index contributed by atoms with van der Waals surface area (Å²) in [6.45, 7) is 0. The van der Waals surface area contributed by atoms with Crippen LogP contribution in [-0.4, -0.2) is 14.8 Å². The number of nitrogens with one attached hydrogen (secondary N) is 1. The molecule has 0 aromatic rings. The van der Waals surface area contributed by atoms with E-state index in [0.717, 1.165) is 12.8 Å². The third-order valence-corrected chi connectivity index (χ3v) is 3.91. The van der Waals surface area contributed by atoms with Crippen molar-refractivity contribution in [2.75, 3.05) is 0 Å². The Morgan fingerprint density at radius 2 is 1.19 bits per heavy atom. The maximum atomic E-state index is 10.7. The SMILES string of the molecule is O=S(O)NC1CCCCCCCCCCC1. The topological polar surface area (TPSA) is 49.3 Å². The molecule has 0 aliphatic heterocycles. The summed E-state index contributed by atoms with van der Waals surface area (Å²) in [5.41, 5.74) is 0. The summed E-state index contributed by atoms with van der Waals surface area (Å²) in [7, 11) is 0. The molecule has 0 saturated heterocycles. The first kappa shape index (κ1) is 14.1. The molecule has 1 saturated carbocycles. The summed E-state index contributed by atoms with van der Waals surface area (Å²) >= 11 is -1.84. The van der Waals surface area contributed by atoms with E-state index >= 15 is 0 Å². The van der Waals surface area contributed by atoms with Crippen LogP contribution in [-0.2, 0) is 11.3 Å². The van der Waals surface area contributed by atoms with Crippen LogP contribution in [0.15, 0.2) is 0 Å². The lowest BCUT2D eigenvalue weighted by Gasteiger charge is -2.16. The summed E-state index contributed by atoms with van der Waals surface area (Å²) in [6, 6.07) is 0.241. The van der Waals surface area contributed by atoms with Gasteiger partial charge in [-0.25, -0.2) is 8.93 Å². The van der Waals surface area contributed by atoms with Crippen LogP contribution in [0, 0.1) is 0 Å². The van der Waals surface area contributed by atoms with Gasteiger partial charge in [-0.3, -0.25) is 4.55 Å². The van der Waals surface area contributed by atoms with Gasteiger partial charge in [0.05, 0.1) is 0 Å². The minimum Gasteiger partial charge on any atom is -0.294 e. The Hall–Kier alpha value is 0.0700. The second-order valence-corrected chi connectivity index (χ2v) is 5.56. The van der Waals surface area contributed by atoms with Gasteiger partial charge >= 0.3 is 0 Å². The summed E-state index contributed by atoms with van der Waals surface area (Å²) in [5.74, 6) is 0. The average Bonchev–Trinajstić information content (AvgIpc) is 2.21. The van der Waals surface area contributed by atoms with E-state index in [1.807, 2.05) is 0 Å². The van der Waals surface area contributed by atoms with Gasteiger partial charge in [0.15, 0.2) is 0 Å². The molecule has 0 bridgehead atoms. The highest BCUT2D eigenvalue weighted by atomic mass is 32.2. The second-order valence-electron chi connectivity index (χ2n) is 4.82. The first-order valence-electron chi connectivity index (χ1n) is 6.66. The minimum absolute atomic E-state index is 0.241. The van der Waals surface area contributed by atoms with Crippen molar-refractivity contribution in [3.05, 3.63) is 0 Å². The maximum Gasteiger partial charge on any atom is 0.231 e. The zero-order chi connectivity index (χ0) is 11.6. The molecule has 1 fully saturated rings. The highest BCUT2D eigenvalue weighted by Crippen LogP contribution is 2.16. The molecule has 0 aromatic heterocycles. The fourth-order valence-electron chi connectivity index (χ4n) is 2.42. The molecule has 0 heterocycles. The van der Waals surface area contributed by atoms with Crippen LogP contribution >= 0.6 is 0 Å². The molecule has 1 atom stereocenters. The van der Waals surface area contributed by atoms with Gasteiger partial charge in [-0.1, -0.05) is 57.8 Å². The molecular formula is C12H25NO2S. The molecule has 4 heteroatoms. The van der Waals surface area contributed by atoms with E-state index in [2.05, 4.69) is 4.72 Å². The van der Waals surface area contributed by atoms with Gasteiger partial charge in [0.1, 0.15) is 0 Å². The number of rotatable bonds is 2. The molecule has 0 radical (unpaired) electrons. The molecule has 1 rings (SSSR count). The molecule has 1 aliphatic carbocycles. The standard InChI is InChI=1S/C12H25NO2S/c14-16(15)13-12-10-8-6-4-2-1-3-5-7-9-11-12/h12-13H,1-11H2,(H,14,15). The molecule has 1 unspecified atom stereocenters. The van der Waals surface area contributed by atoms with Crippen molar-refractivity contribution in [2.45, 2.75) is 76.7 Å². The molecule has 1 aliphatic rings. The van der Waals surface area contributed by atoms with Gasteiger partial charge in [0.25, 0.3) is 0 Å². The van der Waals surface area contributed by atoms with Crippen LogP contribution in [0.2, 0.25) is 0 Å². The van der Waals surface area contributed by atoms with Crippen LogP contribution in [0.4, 0.5) is 0 Å². The number of hydrogen-bond acceptors (Lipinski definition) is 1. The predicted molar refractivity (Wildman–Crippen MR) is 68.5 cm³/mol. The Balaban J connectivity index is 2.27. The van der Waals surface area contributed by atoms with E-state index in [4.69, 9.17) is 4.55 Å². The molecule has 3 nitrogen and oxygen atoms in total. The first-order chi connectivity index (χ1) is 7.79. The van der Waals surface area contributed by atoms with Crippen molar-refractivity contribution < 1.29 is 8.76 Å². The smallest absolute Gasteiger partial charge is 0.231 e. The summed E-state index contributed by atoms with van der Waals surface area (Å²) < 4.78 is 22.4. The predicted octanol–water partition coefficient (Wildman–Crippen LogP) is 3.39.